The Morgan fingerprint density at radius 3 is 2.43 bits per heavy atom. The maximum atomic E-state index is 11.4. The lowest BCUT2D eigenvalue weighted by Gasteiger charge is -2.33. The van der Waals surface area contributed by atoms with Gasteiger partial charge < -0.3 is 24.9 Å². The van der Waals surface area contributed by atoms with Crippen LogP contribution in [0.2, 0.25) is 0 Å². The van der Waals surface area contributed by atoms with Gasteiger partial charge in [0.25, 0.3) is 0 Å². The molecule has 0 amide bonds. The van der Waals surface area contributed by atoms with Gasteiger partial charge in [-0.3, -0.25) is 14.4 Å². The standard InChI is InChI=1S/C10H24N2O6P2S/c13-19(14,15)7-10(20(16,17)18)12-9-4-8(2-1-3-21)5-11-6-9/h8-12,21H,1-7H2,(H2,13,14,15)(H2,16,17,18). The van der Waals surface area contributed by atoms with Crippen LogP contribution >= 0.6 is 27.8 Å². The van der Waals surface area contributed by atoms with E-state index in [9.17, 15) is 18.9 Å². The Kier molecular flexibility index (Phi) is 7.87. The van der Waals surface area contributed by atoms with Crippen LogP contribution in [0.3, 0.4) is 0 Å². The summed E-state index contributed by atoms with van der Waals surface area (Å²) in [6.07, 6.45) is 1.79. The van der Waals surface area contributed by atoms with E-state index in [1.165, 1.54) is 0 Å². The van der Waals surface area contributed by atoms with Crippen molar-refractivity contribution in [1.29, 1.82) is 0 Å². The van der Waals surface area contributed by atoms with Crippen molar-refractivity contribution in [2.45, 2.75) is 31.1 Å². The Morgan fingerprint density at radius 1 is 1.24 bits per heavy atom. The molecule has 11 heteroatoms. The first-order valence-electron chi connectivity index (χ1n) is 6.79. The molecule has 3 unspecified atom stereocenters. The molecule has 0 aromatic heterocycles. The van der Waals surface area contributed by atoms with E-state index >= 15 is 0 Å². The van der Waals surface area contributed by atoms with Gasteiger partial charge in [0.05, 0.1) is 6.16 Å². The SMILES string of the molecule is O=P(O)(O)CC(NC1CNCC(CCCS)C1)P(=O)(O)O. The van der Waals surface area contributed by atoms with Gasteiger partial charge in [-0.1, -0.05) is 0 Å². The molecule has 1 rings (SSSR count). The lowest BCUT2D eigenvalue weighted by molar-refractivity contribution is 0.271. The maximum absolute atomic E-state index is 11.4. The average Bonchev–Trinajstić information content (AvgIpc) is 2.33. The van der Waals surface area contributed by atoms with Crippen LogP contribution in [-0.4, -0.2) is 56.4 Å². The third-order valence-electron chi connectivity index (χ3n) is 3.46. The zero-order valence-electron chi connectivity index (χ0n) is 11.6. The minimum Gasteiger partial charge on any atom is -0.324 e. The number of hydrogen-bond donors (Lipinski definition) is 7. The van der Waals surface area contributed by atoms with Gasteiger partial charge in [0.1, 0.15) is 5.78 Å². The minimum atomic E-state index is -4.62. The summed E-state index contributed by atoms with van der Waals surface area (Å²) < 4.78 is 22.4. The van der Waals surface area contributed by atoms with Gasteiger partial charge in [0.15, 0.2) is 0 Å². The summed E-state index contributed by atoms with van der Waals surface area (Å²) in [6, 6.07) is -0.215. The molecule has 126 valence electrons. The van der Waals surface area contributed by atoms with Gasteiger partial charge >= 0.3 is 15.2 Å². The molecule has 0 bridgehead atoms. The number of rotatable bonds is 8. The van der Waals surface area contributed by atoms with E-state index in [1.807, 2.05) is 0 Å². The molecule has 8 nitrogen and oxygen atoms in total. The largest absolute Gasteiger partial charge is 0.342 e. The monoisotopic (exact) mass is 362 g/mol. The normalized spacial score (nSPS) is 25.8. The molecule has 1 aliphatic rings. The first kappa shape index (κ1) is 19.6. The van der Waals surface area contributed by atoms with Crippen LogP contribution < -0.4 is 10.6 Å². The van der Waals surface area contributed by atoms with Gasteiger partial charge in [0, 0.05) is 12.6 Å². The number of hydrogen-bond acceptors (Lipinski definition) is 5. The highest BCUT2D eigenvalue weighted by Crippen LogP contribution is 2.47. The summed E-state index contributed by atoms with van der Waals surface area (Å²) in [4.78, 5) is 36.4. The van der Waals surface area contributed by atoms with Crippen LogP contribution in [0.4, 0.5) is 0 Å². The molecule has 0 aliphatic carbocycles. The first-order valence-corrected chi connectivity index (χ1v) is 10.9. The second-order valence-electron chi connectivity index (χ2n) is 5.44. The quantitative estimate of drug-likeness (QED) is 0.236. The predicted octanol–water partition coefficient (Wildman–Crippen LogP) is -0.0544. The Bertz CT molecular complexity index is 414. The Balaban J connectivity index is 2.61. The van der Waals surface area contributed by atoms with Crippen LogP contribution in [0.5, 0.6) is 0 Å². The minimum absolute atomic E-state index is 0.215. The van der Waals surface area contributed by atoms with Crippen LogP contribution in [0.25, 0.3) is 0 Å². The molecule has 6 N–H and O–H groups in total. The molecule has 0 spiro atoms. The summed E-state index contributed by atoms with van der Waals surface area (Å²) in [5, 5.41) is 5.90. The molecule has 21 heavy (non-hydrogen) atoms. The molecular formula is C10H24N2O6P2S. The van der Waals surface area contributed by atoms with Crippen LogP contribution in [0.1, 0.15) is 19.3 Å². The predicted molar refractivity (Wildman–Crippen MR) is 83.7 cm³/mol. The van der Waals surface area contributed by atoms with Gasteiger partial charge in [-0.2, -0.15) is 12.6 Å². The van der Waals surface area contributed by atoms with Gasteiger partial charge in [-0.25, -0.2) is 0 Å². The van der Waals surface area contributed by atoms with E-state index in [0.29, 0.717) is 12.5 Å². The van der Waals surface area contributed by atoms with Crippen LogP contribution in [0, 0.1) is 5.92 Å². The zero-order valence-corrected chi connectivity index (χ0v) is 14.3. The lowest BCUT2D eigenvalue weighted by Crippen LogP contribution is -2.51. The molecule has 0 saturated carbocycles. The molecule has 0 aromatic carbocycles. The second kappa shape index (κ2) is 8.43. The van der Waals surface area contributed by atoms with E-state index in [-0.39, 0.29) is 6.04 Å². The lowest BCUT2D eigenvalue weighted by atomic mass is 9.92. The topological polar surface area (TPSA) is 139 Å². The number of piperidine rings is 1. The molecule has 3 atom stereocenters. The highest BCUT2D eigenvalue weighted by Gasteiger charge is 2.37. The van der Waals surface area contributed by atoms with Crippen LogP contribution in [-0.2, 0) is 9.13 Å². The second-order valence-corrected chi connectivity index (χ2v) is 9.38. The number of thiol groups is 1. The summed E-state index contributed by atoms with van der Waals surface area (Å²) in [6.45, 7) is 1.36. The van der Waals surface area contributed by atoms with Gasteiger partial charge in [-0.15, -0.1) is 0 Å². The third kappa shape index (κ3) is 8.11. The number of nitrogens with one attached hydrogen (secondary N) is 2. The Morgan fingerprint density at radius 2 is 1.90 bits per heavy atom. The van der Waals surface area contributed by atoms with Crippen molar-refractivity contribution in [2.75, 3.05) is 25.0 Å². The summed E-state index contributed by atoms with van der Waals surface area (Å²) >= 11 is 4.16. The molecule has 1 aliphatic heterocycles. The Hall–Kier alpha value is 0.570. The summed E-state index contributed by atoms with van der Waals surface area (Å²) in [5.74, 6) is -0.359. The fourth-order valence-corrected chi connectivity index (χ4v) is 5.14. The van der Waals surface area contributed by atoms with Gasteiger partial charge in [-0.05, 0) is 37.5 Å². The molecule has 0 radical (unpaired) electrons. The molecular weight excluding hydrogens is 338 g/mol. The average molecular weight is 362 g/mol. The fourth-order valence-electron chi connectivity index (χ4n) is 2.51. The van der Waals surface area contributed by atoms with Gasteiger partial charge in [0.2, 0.25) is 0 Å². The summed E-state index contributed by atoms with van der Waals surface area (Å²) in [5.41, 5.74) is 0. The molecule has 1 heterocycles. The molecule has 1 saturated heterocycles. The van der Waals surface area contributed by atoms with Crippen molar-refractivity contribution in [2.24, 2.45) is 5.92 Å². The van der Waals surface area contributed by atoms with Crippen molar-refractivity contribution in [1.82, 2.24) is 10.6 Å². The van der Waals surface area contributed by atoms with Crippen molar-refractivity contribution in [3.8, 4) is 0 Å². The van der Waals surface area contributed by atoms with Crippen molar-refractivity contribution in [3.05, 3.63) is 0 Å². The summed E-state index contributed by atoms with van der Waals surface area (Å²) in [7, 11) is -9.13. The maximum Gasteiger partial charge on any atom is 0.342 e. The van der Waals surface area contributed by atoms with E-state index in [4.69, 9.17) is 9.79 Å². The van der Waals surface area contributed by atoms with E-state index in [1.54, 1.807) is 0 Å². The highest BCUT2D eigenvalue weighted by atomic mass is 32.1. The van der Waals surface area contributed by atoms with Crippen LogP contribution in [0.15, 0.2) is 0 Å². The fraction of sp³-hybridized carbons (Fsp3) is 1.00. The van der Waals surface area contributed by atoms with Crippen molar-refractivity contribution < 1.29 is 28.7 Å². The smallest absolute Gasteiger partial charge is 0.324 e. The Labute approximate surface area is 129 Å². The van der Waals surface area contributed by atoms with E-state index in [2.05, 4.69) is 23.3 Å². The first-order chi connectivity index (χ1) is 9.62. The van der Waals surface area contributed by atoms with Crippen molar-refractivity contribution >= 4 is 27.8 Å². The van der Waals surface area contributed by atoms with Crippen molar-refractivity contribution in [3.63, 3.8) is 0 Å². The molecule has 0 aromatic rings. The zero-order chi connectivity index (χ0) is 16.1. The third-order valence-corrected chi connectivity index (χ3v) is 6.05. The van der Waals surface area contributed by atoms with E-state index in [0.717, 1.165) is 31.6 Å². The molecule has 1 fully saturated rings. The van der Waals surface area contributed by atoms with E-state index < -0.39 is 27.1 Å². The highest BCUT2D eigenvalue weighted by molar-refractivity contribution is 7.80.